The molecule has 0 amide bonds. The van der Waals surface area contributed by atoms with E-state index in [4.69, 9.17) is 22.1 Å². The van der Waals surface area contributed by atoms with Crippen molar-refractivity contribution in [3.63, 3.8) is 0 Å². The number of rotatable bonds is 6. The lowest BCUT2D eigenvalue weighted by molar-refractivity contribution is -0.389. The van der Waals surface area contributed by atoms with E-state index in [1.165, 1.54) is 22.7 Å². The zero-order valence-electron chi connectivity index (χ0n) is 14.5. The molecule has 0 fully saturated rings. The number of nitrogens with zero attached hydrogens (tertiary/aromatic N) is 6. The smallest absolute Gasteiger partial charge is 0.408 e. The van der Waals surface area contributed by atoms with Gasteiger partial charge in [-0.25, -0.2) is 9.66 Å². The first-order valence-electron chi connectivity index (χ1n) is 7.77. The van der Waals surface area contributed by atoms with Crippen LogP contribution in [-0.2, 0) is 6.54 Å². The van der Waals surface area contributed by atoms with Crippen molar-refractivity contribution in [2.45, 2.75) is 13.5 Å². The van der Waals surface area contributed by atoms with Crippen LogP contribution in [-0.4, -0.2) is 37.7 Å². The maximum atomic E-state index is 10.9. The number of ether oxygens (including phenoxy) is 1. The zero-order chi connectivity index (χ0) is 19.6. The lowest BCUT2D eigenvalue weighted by atomic mass is 10.1. The van der Waals surface area contributed by atoms with E-state index in [0.717, 1.165) is 16.8 Å². The summed E-state index contributed by atoms with van der Waals surface area (Å²) >= 11 is 5.83. The molecule has 140 valence electrons. The third-order valence-electron chi connectivity index (χ3n) is 3.68. The number of aryl methyl sites for hydroxylation is 1. The number of methoxy groups -OCH3 is 1. The molecule has 0 aliphatic rings. The predicted molar refractivity (Wildman–Crippen MR) is 100 cm³/mol. The molecule has 3 aromatic rings. The Labute approximate surface area is 159 Å². The van der Waals surface area contributed by atoms with Crippen molar-refractivity contribution in [3.05, 3.63) is 62.6 Å². The summed E-state index contributed by atoms with van der Waals surface area (Å²) in [6.07, 6.45) is 4.74. The molecule has 0 spiro atoms. The van der Waals surface area contributed by atoms with E-state index in [9.17, 15) is 10.1 Å². The van der Waals surface area contributed by atoms with Gasteiger partial charge in [0.05, 0.1) is 43.1 Å². The van der Waals surface area contributed by atoms with E-state index in [2.05, 4.69) is 15.2 Å². The fraction of sp³-hybridized carbons (Fsp3) is 0.188. The van der Waals surface area contributed by atoms with E-state index in [-0.39, 0.29) is 17.4 Å². The van der Waals surface area contributed by atoms with Crippen LogP contribution >= 0.6 is 11.6 Å². The highest BCUT2D eigenvalue weighted by Crippen LogP contribution is 2.25. The molecular weight excluding hydrogens is 374 g/mol. The Kier molecular flexibility index (Phi) is 5.08. The van der Waals surface area contributed by atoms with Crippen molar-refractivity contribution >= 4 is 29.6 Å². The first-order valence-corrected chi connectivity index (χ1v) is 8.15. The highest BCUT2D eigenvalue weighted by molar-refractivity contribution is 6.32. The van der Waals surface area contributed by atoms with Crippen LogP contribution in [0.1, 0.15) is 16.8 Å². The summed E-state index contributed by atoms with van der Waals surface area (Å²) in [5.41, 5.74) is 8.08. The van der Waals surface area contributed by atoms with Crippen molar-refractivity contribution in [3.8, 4) is 5.75 Å². The molecule has 0 saturated heterocycles. The Morgan fingerprint density at radius 2 is 2.22 bits per heavy atom. The second-order valence-corrected chi connectivity index (χ2v) is 6.06. The Morgan fingerprint density at radius 1 is 1.44 bits per heavy atom. The molecule has 11 heteroatoms. The van der Waals surface area contributed by atoms with E-state index in [1.807, 2.05) is 19.1 Å². The summed E-state index contributed by atoms with van der Waals surface area (Å²) in [7, 11) is 1.54. The normalized spacial score (nSPS) is 11.2. The summed E-state index contributed by atoms with van der Waals surface area (Å²) in [4.78, 5) is 14.3. The van der Waals surface area contributed by atoms with Gasteiger partial charge in [-0.15, -0.1) is 0 Å². The SMILES string of the molecule is COc1cc(C=Nn2cc(C)nc2N)ccc1Cn1cc(Cl)c([N+](=O)[O-])n1. The van der Waals surface area contributed by atoms with Gasteiger partial charge in [0.2, 0.25) is 5.95 Å². The standard InChI is InChI=1S/C16H16ClN7O3/c1-10-7-23(16(18)20-10)19-6-11-3-4-12(14(5-11)27-2)8-22-9-13(17)15(21-22)24(25)26/h3-7,9H,8H2,1-2H3,(H2,18,20). The van der Waals surface area contributed by atoms with Gasteiger partial charge in [-0.3, -0.25) is 0 Å². The van der Waals surface area contributed by atoms with Crippen LogP contribution in [0.3, 0.4) is 0 Å². The Morgan fingerprint density at radius 3 is 2.81 bits per heavy atom. The Hall–Kier alpha value is -3.40. The molecule has 0 radical (unpaired) electrons. The number of hydrogen-bond donors (Lipinski definition) is 1. The molecule has 3 rings (SSSR count). The van der Waals surface area contributed by atoms with Gasteiger partial charge in [0.1, 0.15) is 5.75 Å². The summed E-state index contributed by atoms with van der Waals surface area (Å²) < 4.78 is 8.27. The molecule has 27 heavy (non-hydrogen) atoms. The number of nitrogen functional groups attached to an aromatic ring is 1. The first-order chi connectivity index (χ1) is 12.9. The van der Waals surface area contributed by atoms with Crippen LogP contribution in [0, 0.1) is 17.0 Å². The average molecular weight is 390 g/mol. The molecule has 2 heterocycles. The maximum absolute atomic E-state index is 10.9. The third kappa shape index (κ3) is 4.06. The van der Waals surface area contributed by atoms with Gasteiger partial charge in [-0.2, -0.15) is 9.78 Å². The number of nitrogens with two attached hydrogens (primary N) is 1. The minimum Gasteiger partial charge on any atom is -0.496 e. The highest BCUT2D eigenvalue weighted by Gasteiger charge is 2.19. The molecule has 2 N–H and O–H groups in total. The van der Waals surface area contributed by atoms with Crippen LogP contribution in [0.15, 0.2) is 35.7 Å². The quantitative estimate of drug-likeness (QED) is 0.392. The molecule has 1 aromatic carbocycles. The molecule has 0 bridgehead atoms. The van der Waals surface area contributed by atoms with Crippen LogP contribution < -0.4 is 10.5 Å². The van der Waals surface area contributed by atoms with Crippen molar-refractivity contribution in [2.75, 3.05) is 12.8 Å². The third-order valence-corrected chi connectivity index (χ3v) is 3.95. The molecule has 0 atom stereocenters. The topological polar surface area (TPSA) is 126 Å². The van der Waals surface area contributed by atoms with Crippen LogP contribution in [0.2, 0.25) is 5.02 Å². The lowest BCUT2D eigenvalue weighted by Crippen LogP contribution is -2.04. The first kappa shape index (κ1) is 18.4. The molecule has 0 aliphatic carbocycles. The van der Waals surface area contributed by atoms with Crippen LogP contribution in [0.5, 0.6) is 5.75 Å². The number of imidazole rings is 1. The van der Waals surface area contributed by atoms with Crippen LogP contribution in [0.4, 0.5) is 11.8 Å². The maximum Gasteiger partial charge on any atom is 0.408 e. The van der Waals surface area contributed by atoms with Gasteiger partial charge in [0.15, 0.2) is 5.02 Å². The molecule has 2 aromatic heterocycles. The van der Waals surface area contributed by atoms with Gasteiger partial charge in [-0.1, -0.05) is 23.7 Å². The summed E-state index contributed by atoms with van der Waals surface area (Å²) in [6.45, 7) is 2.09. The second-order valence-electron chi connectivity index (χ2n) is 5.66. The van der Waals surface area contributed by atoms with E-state index >= 15 is 0 Å². The molecule has 10 nitrogen and oxygen atoms in total. The molecule has 0 unspecified atom stereocenters. The van der Waals surface area contributed by atoms with Crippen molar-refractivity contribution in [2.24, 2.45) is 5.10 Å². The van der Waals surface area contributed by atoms with Gasteiger partial charge in [0, 0.05) is 5.56 Å². The van der Waals surface area contributed by atoms with Crippen molar-refractivity contribution in [1.82, 2.24) is 19.4 Å². The summed E-state index contributed by atoms with van der Waals surface area (Å²) in [5.74, 6) is 0.500. The second kappa shape index (κ2) is 7.46. The van der Waals surface area contributed by atoms with E-state index in [0.29, 0.717) is 11.7 Å². The summed E-state index contributed by atoms with van der Waals surface area (Å²) in [5, 5.41) is 19.0. The number of hydrogen-bond acceptors (Lipinski definition) is 7. The lowest BCUT2D eigenvalue weighted by Gasteiger charge is -2.08. The van der Waals surface area contributed by atoms with Gasteiger partial charge in [0.25, 0.3) is 0 Å². The molecule has 0 aliphatic heterocycles. The average Bonchev–Trinajstić information content (AvgIpc) is 3.15. The Bertz CT molecular complexity index is 1030. The fourth-order valence-corrected chi connectivity index (χ4v) is 2.68. The highest BCUT2D eigenvalue weighted by atomic mass is 35.5. The fourth-order valence-electron chi connectivity index (χ4n) is 2.46. The number of benzene rings is 1. The number of halogens is 1. The minimum atomic E-state index is -0.626. The largest absolute Gasteiger partial charge is 0.496 e. The van der Waals surface area contributed by atoms with Gasteiger partial charge < -0.3 is 20.6 Å². The van der Waals surface area contributed by atoms with Gasteiger partial charge in [-0.05, 0) is 23.5 Å². The van der Waals surface area contributed by atoms with Crippen molar-refractivity contribution in [1.29, 1.82) is 0 Å². The monoisotopic (exact) mass is 389 g/mol. The summed E-state index contributed by atoms with van der Waals surface area (Å²) in [6, 6.07) is 5.45. The Balaban J connectivity index is 1.83. The van der Waals surface area contributed by atoms with E-state index in [1.54, 1.807) is 18.5 Å². The zero-order valence-corrected chi connectivity index (χ0v) is 15.3. The predicted octanol–water partition coefficient (Wildman–Crippen LogP) is 2.47. The number of aromatic nitrogens is 4. The molecule has 0 saturated carbocycles. The van der Waals surface area contributed by atoms with Gasteiger partial charge >= 0.3 is 5.82 Å². The minimum absolute atomic E-state index is 0.0177. The van der Waals surface area contributed by atoms with Crippen LogP contribution in [0.25, 0.3) is 0 Å². The van der Waals surface area contributed by atoms with Crippen molar-refractivity contribution < 1.29 is 9.66 Å². The van der Waals surface area contributed by atoms with E-state index < -0.39 is 4.92 Å². The number of nitro groups is 1. The number of anilines is 1. The molecular formula is C16H16ClN7O3.